The highest BCUT2D eigenvalue weighted by Gasteiger charge is 2.27. The van der Waals surface area contributed by atoms with E-state index in [-0.39, 0.29) is 11.1 Å². The maximum Gasteiger partial charge on any atom is 0.253 e. The Hall–Kier alpha value is -3.14. The zero-order chi connectivity index (χ0) is 20.9. The highest BCUT2D eigenvalue weighted by Crippen LogP contribution is 2.24. The van der Waals surface area contributed by atoms with E-state index in [2.05, 4.69) is 30.2 Å². The van der Waals surface area contributed by atoms with Crippen molar-refractivity contribution < 1.29 is 9.59 Å². The van der Waals surface area contributed by atoms with Gasteiger partial charge in [-0.1, -0.05) is 19.9 Å². The van der Waals surface area contributed by atoms with Gasteiger partial charge in [0.25, 0.3) is 5.91 Å². The van der Waals surface area contributed by atoms with Crippen LogP contribution in [0.3, 0.4) is 0 Å². The Bertz CT molecular complexity index is 892. The van der Waals surface area contributed by atoms with Crippen LogP contribution in [0, 0.1) is 17.2 Å². The zero-order valence-corrected chi connectivity index (χ0v) is 16.8. The van der Waals surface area contributed by atoms with E-state index in [1.807, 2.05) is 16.8 Å². The van der Waals surface area contributed by atoms with E-state index in [4.69, 9.17) is 5.73 Å². The molecule has 0 bridgehead atoms. The summed E-state index contributed by atoms with van der Waals surface area (Å²) >= 11 is 0. The van der Waals surface area contributed by atoms with Crippen molar-refractivity contribution in [3.8, 4) is 6.07 Å². The molecule has 1 aromatic heterocycles. The first kappa shape index (κ1) is 21.2. The van der Waals surface area contributed by atoms with E-state index in [0.717, 1.165) is 17.5 Å². The number of primary amides is 1. The number of nitrogens with two attached hydrogens (primary N) is 1. The van der Waals surface area contributed by atoms with Crippen LogP contribution in [0.5, 0.6) is 0 Å². The first-order valence-corrected chi connectivity index (χ1v) is 9.28. The number of carbonyl (C=O) groups is 2. The molecular formula is C21H27N5O2. The lowest BCUT2D eigenvalue weighted by Gasteiger charge is -2.22. The third-order valence-corrected chi connectivity index (χ3v) is 4.49. The predicted molar refractivity (Wildman–Crippen MR) is 107 cm³/mol. The second kappa shape index (κ2) is 8.70. The van der Waals surface area contributed by atoms with Gasteiger partial charge in [-0.2, -0.15) is 5.26 Å². The molecule has 0 radical (unpaired) electrons. The Balaban J connectivity index is 2.60. The van der Waals surface area contributed by atoms with Gasteiger partial charge in [-0.05, 0) is 49.8 Å². The number of aromatic nitrogens is 2. The van der Waals surface area contributed by atoms with E-state index in [1.54, 1.807) is 32.4 Å². The van der Waals surface area contributed by atoms with Crippen LogP contribution >= 0.6 is 0 Å². The third-order valence-electron chi connectivity index (χ3n) is 4.49. The minimum Gasteiger partial charge on any atom is -0.366 e. The molecule has 0 aliphatic carbocycles. The molecule has 0 aliphatic heterocycles. The van der Waals surface area contributed by atoms with Crippen molar-refractivity contribution in [3.05, 3.63) is 53.1 Å². The molecule has 1 heterocycles. The summed E-state index contributed by atoms with van der Waals surface area (Å²) in [5.41, 5.74) is 6.62. The fraction of sp³-hybridized carbons (Fsp3) is 0.429. The molecule has 7 heteroatoms. The van der Waals surface area contributed by atoms with Gasteiger partial charge in [-0.15, -0.1) is 0 Å². The molecule has 0 saturated carbocycles. The second-order valence-corrected chi connectivity index (χ2v) is 7.85. The first-order chi connectivity index (χ1) is 13.1. The molecule has 7 nitrogen and oxygen atoms in total. The molecule has 148 valence electrons. The van der Waals surface area contributed by atoms with Crippen LogP contribution in [0.15, 0.2) is 30.9 Å². The van der Waals surface area contributed by atoms with E-state index < -0.39 is 17.4 Å². The molecule has 28 heavy (non-hydrogen) atoms. The van der Waals surface area contributed by atoms with Crippen molar-refractivity contribution in [1.82, 2.24) is 14.9 Å². The SMILES string of the molecule is CC(C)CCc1c(Cn2ccnc2)ccc(C(N)=O)c1C(=O)NC(C)(C)C#N. The molecule has 0 atom stereocenters. The Morgan fingerprint density at radius 3 is 2.61 bits per heavy atom. The van der Waals surface area contributed by atoms with Gasteiger partial charge in [-0.3, -0.25) is 9.59 Å². The fourth-order valence-electron chi connectivity index (χ4n) is 2.97. The predicted octanol–water partition coefficient (Wildman–Crippen LogP) is 2.65. The number of nitrogens with one attached hydrogen (secondary N) is 1. The molecule has 0 spiro atoms. The number of nitriles is 1. The quantitative estimate of drug-likeness (QED) is 0.731. The monoisotopic (exact) mass is 381 g/mol. The number of benzene rings is 1. The summed E-state index contributed by atoms with van der Waals surface area (Å²) in [5.74, 6) is -0.712. The molecule has 1 aromatic carbocycles. The summed E-state index contributed by atoms with van der Waals surface area (Å²) in [4.78, 5) is 29.2. The first-order valence-electron chi connectivity index (χ1n) is 9.28. The number of hydrogen-bond donors (Lipinski definition) is 2. The number of nitrogens with zero attached hydrogens (tertiary/aromatic N) is 3. The average molecular weight is 381 g/mol. The van der Waals surface area contributed by atoms with Gasteiger partial charge >= 0.3 is 0 Å². The Morgan fingerprint density at radius 2 is 2.07 bits per heavy atom. The Kier molecular flexibility index (Phi) is 6.57. The van der Waals surface area contributed by atoms with Crippen LogP contribution < -0.4 is 11.1 Å². The second-order valence-electron chi connectivity index (χ2n) is 7.85. The van der Waals surface area contributed by atoms with Crippen LogP contribution in [0.2, 0.25) is 0 Å². The largest absolute Gasteiger partial charge is 0.366 e. The number of carbonyl (C=O) groups excluding carboxylic acids is 2. The highest BCUT2D eigenvalue weighted by atomic mass is 16.2. The van der Waals surface area contributed by atoms with Gasteiger partial charge < -0.3 is 15.6 Å². The maximum atomic E-state index is 13.1. The fourth-order valence-corrected chi connectivity index (χ4v) is 2.97. The molecule has 2 aromatic rings. The lowest BCUT2D eigenvalue weighted by atomic mass is 9.89. The number of rotatable bonds is 8. The molecule has 0 unspecified atom stereocenters. The summed E-state index contributed by atoms with van der Waals surface area (Å²) in [6.45, 7) is 7.95. The molecule has 2 rings (SSSR count). The Morgan fingerprint density at radius 1 is 1.36 bits per heavy atom. The summed E-state index contributed by atoms with van der Waals surface area (Å²) in [6.07, 6.45) is 6.70. The van der Waals surface area contributed by atoms with Gasteiger partial charge in [0.15, 0.2) is 0 Å². The average Bonchev–Trinajstić information content (AvgIpc) is 3.12. The van der Waals surface area contributed by atoms with Crippen LogP contribution in [0.1, 0.15) is 66.0 Å². The topological polar surface area (TPSA) is 114 Å². The molecule has 2 amide bonds. The van der Waals surface area contributed by atoms with Crippen LogP contribution in [-0.4, -0.2) is 26.9 Å². The van der Waals surface area contributed by atoms with Gasteiger partial charge in [0, 0.05) is 18.9 Å². The summed E-state index contributed by atoms with van der Waals surface area (Å²) < 4.78 is 1.90. The number of amides is 2. The Labute approximate surface area is 165 Å². The lowest BCUT2D eigenvalue weighted by molar-refractivity contribution is 0.0914. The van der Waals surface area contributed by atoms with E-state index in [0.29, 0.717) is 18.9 Å². The van der Waals surface area contributed by atoms with Crippen molar-refractivity contribution >= 4 is 11.8 Å². The van der Waals surface area contributed by atoms with Crippen molar-refractivity contribution in [2.75, 3.05) is 0 Å². The number of hydrogen-bond acceptors (Lipinski definition) is 4. The van der Waals surface area contributed by atoms with Gasteiger partial charge in [0.1, 0.15) is 5.54 Å². The summed E-state index contributed by atoms with van der Waals surface area (Å²) in [7, 11) is 0. The van der Waals surface area contributed by atoms with Gasteiger partial charge in [0.05, 0.1) is 23.5 Å². The maximum absolute atomic E-state index is 13.1. The molecule has 3 N–H and O–H groups in total. The minimum absolute atomic E-state index is 0.166. The highest BCUT2D eigenvalue weighted by molar-refractivity contribution is 6.08. The van der Waals surface area contributed by atoms with E-state index >= 15 is 0 Å². The van der Waals surface area contributed by atoms with Crippen LogP contribution in [0.25, 0.3) is 0 Å². The van der Waals surface area contributed by atoms with Crippen LogP contribution in [-0.2, 0) is 13.0 Å². The van der Waals surface area contributed by atoms with Crippen molar-refractivity contribution in [2.24, 2.45) is 11.7 Å². The smallest absolute Gasteiger partial charge is 0.253 e. The van der Waals surface area contributed by atoms with E-state index in [9.17, 15) is 14.9 Å². The summed E-state index contributed by atoms with van der Waals surface area (Å²) in [6, 6.07) is 5.47. The third kappa shape index (κ3) is 5.19. The molecule has 0 aliphatic rings. The molecular weight excluding hydrogens is 354 g/mol. The van der Waals surface area contributed by atoms with Gasteiger partial charge in [-0.25, -0.2) is 4.98 Å². The van der Waals surface area contributed by atoms with Crippen molar-refractivity contribution in [3.63, 3.8) is 0 Å². The standard InChI is InChI=1S/C21H27N5O2/c1-14(2)5-7-16-15(11-26-10-9-24-13-26)6-8-17(19(23)27)18(16)20(28)25-21(3,4)12-22/h6,8-10,13-14H,5,7,11H2,1-4H3,(H2,23,27)(H,25,28). The van der Waals surface area contributed by atoms with E-state index in [1.165, 1.54) is 0 Å². The number of imidazole rings is 1. The van der Waals surface area contributed by atoms with Crippen LogP contribution in [0.4, 0.5) is 0 Å². The summed E-state index contributed by atoms with van der Waals surface area (Å²) in [5, 5.41) is 12.0. The molecule has 0 fully saturated rings. The van der Waals surface area contributed by atoms with Gasteiger partial charge in [0.2, 0.25) is 5.91 Å². The minimum atomic E-state index is -1.07. The molecule has 0 saturated heterocycles. The van der Waals surface area contributed by atoms with Crippen molar-refractivity contribution in [1.29, 1.82) is 5.26 Å². The lowest BCUT2D eigenvalue weighted by Crippen LogP contribution is -2.43. The van der Waals surface area contributed by atoms with Crippen molar-refractivity contribution in [2.45, 2.75) is 52.6 Å². The zero-order valence-electron chi connectivity index (χ0n) is 16.8. The normalized spacial score (nSPS) is 11.3.